The lowest BCUT2D eigenvalue weighted by Crippen LogP contribution is -2.52. The van der Waals surface area contributed by atoms with Gasteiger partial charge in [0.15, 0.2) is 0 Å². The van der Waals surface area contributed by atoms with E-state index in [-0.39, 0.29) is 5.91 Å². The van der Waals surface area contributed by atoms with Crippen LogP contribution in [0.2, 0.25) is 0 Å². The van der Waals surface area contributed by atoms with Gasteiger partial charge in [-0.3, -0.25) is 9.69 Å². The third kappa shape index (κ3) is 2.31. The zero-order valence-electron chi connectivity index (χ0n) is 12.1. The van der Waals surface area contributed by atoms with Gasteiger partial charge in [0, 0.05) is 17.5 Å². The van der Waals surface area contributed by atoms with Crippen molar-refractivity contribution >= 4 is 17.6 Å². The third-order valence-corrected chi connectivity index (χ3v) is 4.70. The van der Waals surface area contributed by atoms with Gasteiger partial charge in [-0.15, -0.1) is 0 Å². The Morgan fingerprint density at radius 3 is 2.62 bits per heavy atom. The molecule has 1 unspecified atom stereocenters. The summed E-state index contributed by atoms with van der Waals surface area (Å²) in [5, 5.41) is 12.7. The summed E-state index contributed by atoms with van der Waals surface area (Å²) >= 11 is 0. The Bertz CT molecular complexity index is 579. The lowest BCUT2D eigenvalue weighted by atomic mass is 9.79. The second-order valence-corrected chi connectivity index (χ2v) is 6.17. The van der Waals surface area contributed by atoms with E-state index in [0.717, 1.165) is 37.2 Å². The molecule has 0 radical (unpaired) electrons. The molecular formula is C16H20N2O3. The van der Waals surface area contributed by atoms with Crippen molar-refractivity contribution in [1.82, 2.24) is 5.32 Å². The highest BCUT2D eigenvalue weighted by atomic mass is 16.4. The Morgan fingerprint density at radius 1 is 1.29 bits per heavy atom. The fourth-order valence-electron chi connectivity index (χ4n) is 3.32. The van der Waals surface area contributed by atoms with E-state index in [1.165, 1.54) is 4.90 Å². The zero-order chi connectivity index (χ0) is 15.0. The Labute approximate surface area is 123 Å². The topological polar surface area (TPSA) is 69.6 Å². The van der Waals surface area contributed by atoms with Crippen LogP contribution in [0.1, 0.15) is 25.3 Å². The minimum absolute atomic E-state index is 0.0543. The van der Waals surface area contributed by atoms with Crippen molar-refractivity contribution in [1.29, 1.82) is 0 Å². The average molecular weight is 288 g/mol. The molecule has 0 bridgehead atoms. The summed E-state index contributed by atoms with van der Waals surface area (Å²) in [6.07, 6.45) is 1.89. The summed E-state index contributed by atoms with van der Waals surface area (Å²) < 4.78 is 0. The molecule has 2 heterocycles. The van der Waals surface area contributed by atoms with E-state index in [9.17, 15) is 14.7 Å². The minimum Gasteiger partial charge on any atom is -0.480 e. The summed E-state index contributed by atoms with van der Waals surface area (Å²) in [7, 11) is 0. The molecular weight excluding hydrogens is 268 g/mol. The number of carbonyl (C=O) groups is 2. The van der Waals surface area contributed by atoms with Crippen molar-refractivity contribution in [3.63, 3.8) is 0 Å². The van der Waals surface area contributed by atoms with Gasteiger partial charge in [0.1, 0.15) is 6.04 Å². The van der Waals surface area contributed by atoms with Gasteiger partial charge in [-0.2, -0.15) is 0 Å². The molecule has 0 saturated carbocycles. The Kier molecular flexibility index (Phi) is 3.45. The fraction of sp³-hybridized carbons (Fsp3) is 0.500. The highest BCUT2D eigenvalue weighted by Crippen LogP contribution is 2.38. The van der Waals surface area contributed by atoms with Crippen molar-refractivity contribution in [2.24, 2.45) is 5.41 Å². The molecule has 0 aromatic heterocycles. The average Bonchev–Trinajstić information content (AvgIpc) is 2.86. The van der Waals surface area contributed by atoms with E-state index < -0.39 is 17.4 Å². The van der Waals surface area contributed by atoms with Crippen LogP contribution in [0.3, 0.4) is 0 Å². The molecule has 1 aromatic rings. The van der Waals surface area contributed by atoms with Crippen LogP contribution in [-0.2, 0) is 16.0 Å². The summed E-state index contributed by atoms with van der Waals surface area (Å²) in [6, 6.07) is 6.72. The van der Waals surface area contributed by atoms with E-state index in [0.29, 0.717) is 6.42 Å². The second kappa shape index (κ2) is 5.15. The van der Waals surface area contributed by atoms with E-state index in [1.807, 2.05) is 31.2 Å². The lowest BCUT2D eigenvalue weighted by molar-refractivity contribution is -0.141. The van der Waals surface area contributed by atoms with Crippen LogP contribution in [0.4, 0.5) is 5.69 Å². The van der Waals surface area contributed by atoms with Crippen LogP contribution in [0.5, 0.6) is 0 Å². The molecule has 2 N–H and O–H groups in total. The van der Waals surface area contributed by atoms with Gasteiger partial charge in [-0.25, -0.2) is 4.79 Å². The predicted molar refractivity (Wildman–Crippen MR) is 79.3 cm³/mol. The normalized spacial score (nSPS) is 23.7. The van der Waals surface area contributed by atoms with Crippen LogP contribution in [0.25, 0.3) is 0 Å². The molecule has 1 aromatic carbocycles. The molecule has 1 atom stereocenters. The molecule has 2 aliphatic heterocycles. The highest BCUT2D eigenvalue weighted by Gasteiger charge is 2.45. The molecule has 3 rings (SSSR count). The maximum absolute atomic E-state index is 13.0. The first-order valence-electron chi connectivity index (χ1n) is 7.38. The van der Waals surface area contributed by atoms with Gasteiger partial charge in [-0.05, 0) is 37.6 Å². The number of para-hydroxylation sites is 1. The monoisotopic (exact) mass is 288 g/mol. The summed E-state index contributed by atoms with van der Waals surface area (Å²) in [5.41, 5.74) is 1.22. The lowest BCUT2D eigenvalue weighted by Gasteiger charge is -2.37. The van der Waals surface area contributed by atoms with E-state index in [4.69, 9.17) is 0 Å². The SMILES string of the molecule is CC1(C(=O)N2c3ccccc3CC2C(=O)O)CCNCC1. The molecule has 0 spiro atoms. The molecule has 2 aliphatic rings. The van der Waals surface area contributed by atoms with Crippen molar-refractivity contribution in [2.45, 2.75) is 32.2 Å². The van der Waals surface area contributed by atoms with Crippen molar-refractivity contribution in [3.8, 4) is 0 Å². The number of fused-ring (bicyclic) bond motifs is 1. The molecule has 5 heteroatoms. The molecule has 21 heavy (non-hydrogen) atoms. The fourth-order valence-corrected chi connectivity index (χ4v) is 3.32. The molecule has 5 nitrogen and oxygen atoms in total. The van der Waals surface area contributed by atoms with Gasteiger partial charge < -0.3 is 10.4 Å². The van der Waals surface area contributed by atoms with Crippen molar-refractivity contribution in [3.05, 3.63) is 29.8 Å². The number of nitrogens with zero attached hydrogens (tertiary/aromatic N) is 1. The molecule has 1 fully saturated rings. The summed E-state index contributed by atoms with van der Waals surface area (Å²) in [4.78, 5) is 26.1. The zero-order valence-corrected chi connectivity index (χ0v) is 12.1. The molecule has 1 amide bonds. The Hall–Kier alpha value is -1.88. The van der Waals surface area contributed by atoms with Crippen LogP contribution < -0.4 is 10.2 Å². The number of carboxylic acid groups (broad SMARTS) is 1. The number of hydrogen-bond donors (Lipinski definition) is 2. The maximum atomic E-state index is 13.0. The molecule has 112 valence electrons. The van der Waals surface area contributed by atoms with Gasteiger partial charge in [-0.1, -0.05) is 25.1 Å². The third-order valence-electron chi connectivity index (χ3n) is 4.70. The highest BCUT2D eigenvalue weighted by molar-refractivity contribution is 6.04. The Balaban J connectivity index is 1.97. The van der Waals surface area contributed by atoms with Gasteiger partial charge in [0.05, 0.1) is 0 Å². The van der Waals surface area contributed by atoms with Gasteiger partial charge >= 0.3 is 5.97 Å². The first-order chi connectivity index (χ1) is 10.0. The minimum atomic E-state index is -0.933. The second-order valence-electron chi connectivity index (χ2n) is 6.17. The number of amides is 1. The van der Waals surface area contributed by atoms with Crippen LogP contribution in [0, 0.1) is 5.41 Å². The van der Waals surface area contributed by atoms with Gasteiger partial charge in [0.25, 0.3) is 0 Å². The number of nitrogens with one attached hydrogen (secondary N) is 1. The van der Waals surface area contributed by atoms with Crippen LogP contribution in [-0.4, -0.2) is 36.1 Å². The van der Waals surface area contributed by atoms with E-state index in [1.54, 1.807) is 0 Å². The molecule has 0 aliphatic carbocycles. The number of benzene rings is 1. The van der Waals surface area contributed by atoms with Crippen molar-refractivity contribution in [2.75, 3.05) is 18.0 Å². The standard InChI is InChI=1S/C16H20N2O3/c1-16(6-8-17-9-7-16)15(21)18-12-5-3-2-4-11(12)10-13(18)14(19)20/h2-5,13,17H,6-10H2,1H3,(H,19,20). The van der Waals surface area contributed by atoms with E-state index in [2.05, 4.69) is 5.32 Å². The number of anilines is 1. The summed E-state index contributed by atoms with van der Waals surface area (Å²) in [5.74, 6) is -0.988. The van der Waals surface area contributed by atoms with Crippen LogP contribution >= 0.6 is 0 Å². The number of rotatable bonds is 2. The van der Waals surface area contributed by atoms with Crippen LogP contribution in [0.15, 0.2) is 24.3 Å². The number of carbonyl (C=O) groups excluding carboxylic acids is 1. The van der Waals surface area contributed by atoms with Crippen molar-refractivity contribution < 1.29 is 14.7 Å². The van der Waals surface area contributed by atoms with E-state index >= 15 is 0 Å². The number of carboxylic acids is 1. The first kappa shape index (κ1) is 14.1. The summed E-state index contributed by atoms with van der Waals surface area (Å²) in [6.45, 7) is 3.56. The number of aliphatic carboxylic acids is 1. The smallest absolute Gasteiger partial charge is 0.327 e. The number of hydrogen-bond acceptors (Lipinski definition) is 3. The Morgan fingerprint density at radius 2 is 1.95 bits per heavy atom. The largest absolute Gasteiger partial charge is 0.480 e. The molecule has 1 saturated heterocycles. The predicted octanol–water partition coefficient (Wildman–Crippen LogP) is 1.42. The van der Waals surface area contributed by atoms with Gasteiger partial charge in [0.2, 0.25) is 5.91 Å². The number of piperidine rings is 1. The maximum Gasteiger partial charge on any atom is 0.327 e. The quantitative estimate of drug-likeness (QED) is 0.863. The first-order valence-corrected chi connectivity index (χ1v) is 7.38.